The first kappa shape index (κ1) is 20.6. The third kappa shape index (κ3) is 6.54. The van der Waals surface area contributed by atoms with Crippen molar-refractivity contribution in [1.82, 2.24) is 5.32 Å². The fourth-order valence-electron chi connectivity index (χ4n) is 2.70. The molecule has 1 rings (SSSR count). The van der Waals surface area contributed by atoms with E-state index in [-0.39, 0.29) is 12.5 Å². The summed E-state index contributed by atoms with van der Waals surface area (Å²) in [6, 6.07) is 2.34. The lowest BCUT2D eigenvalue weighted by atomic mass is 9.92. The number of nitro groups is 1. The van der Waals surface area contributed by atoms with Crippen molar-refractivity contribution in [1.29, 1.82) is 0 Å². The van der Waals surface area contributed by atoms with Gasteiger partial charge in [-0.3, -0.25) is 10.1 Å². The van der Waals surface area contributed by atoms with Crippen LogP contribution in [0.2, 0.25) is 0 Å². The second-order valence-electron chi connectivity index (χ2n) is 6.53. The van der Waals surface area contributed by atoms with E-state index in [1.165, 1.54) is 6.07 Å². The molecule has 0 radical (unpaired) electrons. The minimum absolute atomic E-state index is 0.00111. The molecule has 0 bridgehead atoms. The first-order chi connectivity index (χ1) is 11.6. The number of carbonyl (C=O) groups is 1. The van der Waals surface area contributed by atoms with Gasteiger partial charge in [-0.15, -0.1) is 0 Å². The van der Waals surface area contributed by atoms with E-state index in [1.807, 2.05) is 6.92 Å². The van der Waals surface area contributed by atoms with Crippen molar-refractivity contribution in [2.75, 3.05) is 13.7 Å². The largest absolute Gasteiger partial charge is 0.488 e. The summed E-state index contributed by atoms with van der Waals surface area (Å²) < 4.78 is 24.1. The molecule has 1 unspecified atom stereocenters. The van der Waals surface area contributed by atoms with Gasteiger partial charge >= 0.3 is 11.8 Å². The number of amides is 1. The summed E-state index contributed by atoms with van der Waals surface area (Å²) in [5.41, 5.74) is -0.749. The van der Waals surface area contributed by atoms with E-state index in [1.54, 1.807) is 13.8 Å². The second-order valence-corrected chi connectivity index (χ2v) is 6.53. The summed E-state index contributed by atoms with van der Waals surface area (Å²) in [5.74, 6) is -1.21. The van der Waals surface area contributed by atoms with Gasteiger partial charge in [0, 0.05) is 18.2 Å². The van der Waals surface area contributed by atoms with E-state index < -0.39 is 33.8 Å². The van der Waals surface area contributed by atoms with Crippen LogP contribution >= 0.6 is 0 Å². The summed E-state index contributed by atoms with van der Waals surface area (Å²) >= 11 is 0. The molecule has 9 heteroatoms. The maximum absolute atomic E-state index is 13.9. The smallest absolute Gasteiger partial charge is 0.405 e. The van der Waals surface area contributed by atoms with Crippen molar-refractivity contribution in [2.45, 2.75) is 39.3 Å². The maximum Gasteiger partial charge on any atom is 0.405 e. The number of hydrogen-bond donors (Lipinski definition) is 2. The molecule has 1 amide bonds. The Morgan fingerprint density at radius 3 is 2.64 bits per heavy atom. The highest BCUT2D eigenvalue weighted by Gasteiger charge is 2.24. The summed E-state index contributed by atoms with van der Waals surface area (Å²) in [6.45, 7) is 5.72. The van der Waals surface area contributed by atoms with E-state index >= 15 is 0 Å². The molecule has 0 heterocycles. The maximum atomic E-state index is 13.9. The molecule has 1 aromatic carbocycles. The van der Waals surface area contributed by atoms with Crippen molar-refractivity contribution >= 4 is 11.8 Å². The van der Waals surface area contributed by atoms with Crippen LogP contribution in [0.15, 0.2) is 12.1 Å². The van der Waals surface area contributed by atoms with Gasteiger partial charge in [-0.05, 0) is 37.8 Å². The molecule has 8 nitrogen and oxygen atoms in total. The van der Waals surface area contributed by atoms with Gasteiger partial charge in [0.15, 0.2) is 5.82 Å². The fourth-order valence-corrected chi connectivity index (χ4v) is 2.70. The van der Waals surface area contributed by atoms with Crippen molar-refractivity contribution in [3.8, 4) is 5.75 Å². The molecule has 140 valence electrons. The number of methoxy groups -OCH3 is 1. The molecule has 0 fully saturated rings. The van der Waals surface area contributed by atoms with Crippen LogP contribution in [0.25, 0.3) is 0 Å². The molecule has 0 aromatic heterocycles. The molecule has 0 saturated carbocycles. The van der Waals surface area contributed by atoms with Gasteiger partial charge < -0.3 is 19.9 Å². The molecular formula is C16H23FN2O6. The van der Waals surface area contributed by atoms with Crippen molar-refractivity contribution in [2.24, 2.45) is 5.92 Å². The highest BCUT2D eigenvalue weighted by Crippen LogP contribution is 2.31. The minimum Gasteiger partial charge on any atom is -0.488 e. The number of halogens is 1. The zero-order valence-electron chi connectivity index (χ0n) is 14.7. The van der Waals surface area contributed by atoms with Crippen LogP contribution in [-0.2, 0) is 11.3 Å². The predicted molar refractivity (Wildman–Crippen MR) is 88.3 cm³/mol. The third-order valence-electron chi connectivity index (χ3n) is 3.46. The van der Waals surface area contributed by atoms with Crippen molar-refractivity contribution in [3.63, 3.8) is 0 Å². The number of carboxylic acid groups (broad SMARTS) is 1. The molecule has 0 saturated heterocycles. The summed E-state index contributed by atoms with van der Waals surface area (Å²) in [6.07, 6.45) is -0.560. The highest BCUT2D eigenvalue weighted by molar-refractivity contribution is 5.65. The van der Waals surface area contributed by atoms with E-state index in [9.17, 15) is 19.3 Å². The molecule has 0 aliphatic carbocycles. The first-order valence-corrected chi connectivity index (χ1v) is 7.65. The van der Waals surface area contributed by atoms with E-state index in [4.69, 9.17) is 14.6 Å². The number of hydrogen-bond acceptors (Lipinski definition) is 5. The Hall–Kier alpha value is -2.42. The Morgan fingerprint density at radius 2 is 2.12 bits per heavy atom. The molecule has 0 spiro atoms. The first-order valence-electron chi connectivity index (χ1n) is 7.65. The van der Waals surface area contributed by atoms with Crippen LogP contribution in [-0.4, -0.2) is 35.4 Å². The highest BCUT2D eigenvalue weighted by atomic mass is 19.1. The monoisotopic (exact) mass is 358 g/mol. The molecule has 2 N–H and O–H groups in total. The van der Waals surface area contributed by atoms with Gasteiger partial charge in [-0.2, -0.15) is 0 Å². The van der Waals surface area contributed by atoms with Gasteiger partial charge in [0.25, 0.3) is 0 Å². The molecule has 0 aliphatic rings. The van der Waals surface area contributed by atoms with Gasteiger partial charge in [0.1, 0.15) is 0 Å². The zero-order valence-corrected chi connectivity index (χ0v) is 14.7. The van der Waals surface area contributed by atoms with E-state index in [0.29, 0.717) is 18.6 Å². The van der Waals surface area contributed by atoms with Gasteiger partial charge in [0.05, 0.1) is 18.6 Å². The molecule has 0 aliphatic heterocycles. The number of rotatable bonds is 9. The average Bonchev–Trinajstić information content (AvgIpc) is 2.44. The number of nitrogens with zero attached hydrogens (tertiary/aromatic N) is 1. The Bertz CT molecular complexity index is 635. The standard InChI is InChI=1S/C16H23FN2O6/c1-10(7-16(2,3)18-15(20)21)8-25-9-11-5-12(17)14(24-4)13(6-11)19(22)23/h5-6,10,18H,7-9H2,1-4H3,(H,20,21). The van der Waals surface area contributed by atoms with Crippen LogP contribution in [0.1, 0.15) is 32.8 Å². The summed E-state index contributed by atoms with van der Waals surface area (Å²) in [5, 5.41) is 22.2. The number of nitro benzene ring substituents is 1. The van der Waals surface area contributed by atoms with Gasteiger partial charge in [0.2, 0.25) is 5.75 Å². The Kier molecular flexibility index (Phi) is 7.10. The topological polar surface area (TPSA) is 111 Å². The van der Waals surface area contributed by atoms with Crippen LogP contribution in [0.3, 0.4) is 0 Å². The van der Waals surface area contributed by atoms with Crippen molar-refractivity contribution < 1.29 is 28.7 Å². The SMILES string of the molecule is COc1c(F)cc(COCC(C)CC(C)(C)NC(=O)O)cc1[N+](=O)[O-]. The fraction of sp³-hybridized carbons (Fsp3) is 0.562. The van der Waals surface area contributed by atoms with E-state index in [2.05, 4.69) is 5.32 Å². The predicted octanol–water partition coefficient (Wildman–Crippen LogP) is 3.33. The molecule has 1 aromatic rings. The van der Waals surface area contributed by atoms with Gasteiger partial charge in [-0.1, -0.05) is 6.92 Å². The second kappa shape index (κ2) is 8.61. The lowest BCUT2D eigenvalue weighted by Gasteiger charge is -2.27. The van der Waals surface area contributed by atoms with Crippen molar-refractivity contribution in [3.05, 3.63) is 33.6 Å². The normalized spacial score (nSPS) is 12.5. The zero-order chi connectivity index (χ0) is 19.2. The quantitative estimate of drug-likeness (QED) is 0.517. The summed E-state index contributed by atoms with van der Waals surface area (Å²) in [7, 11) is 1.16. The molecule has 25 heavy (non-hydrogen) atoms. The Morgan fingerprint density at radius 1 is 1.48 bits per heavy atom. The summed E-state index contributed by atoms with van der Waals surface area (Å²) in [4.78, 5) is 21.0. The third-order valence-corrected chi connectivity index (χ3v) is 3.46. The molecule has 1 atom stereocenters. The number of benzene rings is 1. The average molecular weight is 358 g/mol. The Labute approximate surface area is 145 Å². The van der Waals surface area contributed by atoms with Gasteiger partial charge in [-0.25, -0.2) is 9.18 Å². The lowest BCUT2D eigenvalue weighted by Crippen LogP contribution is -2.44. The van der Waals surface area contributed by atoms with Crippen LogP contribution < -0.4 is 10.1 Å². The lowest BCUT2D eigenvalue weighted by molar-refractivity contribution is -0.386. The number of nitrogens with one attached hydrogen (secondary N) is 1. The van der Waals surface area contributed by atoms with Crippen LogP contribution in [0, 0.1) is 21.8 Å². The molecular weight excluding hydrogens is 335 g/mol. The van der Waals surface area contributed by atoms with Crippen LogP contribution in [0.5, 0.6) is 5.75 Å². The number of ether oxygens (including phenoxy) is 2. The van der Waals surface area contributed by atoms with E-state index in [0.717, 1.165) is 13.2 Å². The minimum atomic E-state index is -1.10. The Balaban J connectivity index is 2.64. The van der Waals surface area contributed by atoms with Crippen LogP contribution in [0.4, 0.5) is 14.9 Å².